The average Bonchev–Trinajstić information content (AvgIpc) is 2.71. The second-order valence-corrected chi connectivity index (χ2v) is 7.11. The van der Waals surface area contributed by atoms with Crippen molar-refractivity contribution in [1.29, 1.82) is 0 Å². The van der Waals surface area contributed by atoms with Crippen LogP contribution in [-0.2, 0) is 11.3 Å². The Balaban J connectivity index is 1.70. The molecule has 0 spiro atoms. The summed E-state index contributed by atoms with van der Waals surface area (Å²) in [5, 5.41) is 3.46. The van der Waals surface area contributed by atoms with Crippen LogP contribution in [0.1, 0.15) is 34.1 Å². The summed E-state index contributed by atoms with van der Waals surface area (Å²) in [6, 6.07) is 8.40. The van der Waals surface area contributed by atoms with Crippen LogP contribution < -0.4 is 10.1 Å². The highest BCUT2D eigenvalue weighted by atomic mass is 16.5. The Morgan fingerprint density at radius 3 is 2.79 bits per heavy atom. The Morgan fingerprint density at radius 1 is 1.29 bits per heavy atom. The lowest BCUT2D eigenvalue weighted by Crippen LogP contribution is -2.48. The number of rotatable bonds is 4. The third-order valence-electron chi connectivity index (χ3n) is 5.28. The van der Waals surface area contributed by atoms with Gasteiger partial charge in [-0.15, -0.1) is 0 Å². The number of ether oxygens (including phenoxy) is 2. The van der Waals surface area contributed by atoms with Crippen molar-refractivity contribution < 1.29 is 9.47 Å². The molecule has 1 saturated heterocycles. The summed E-state index contributed by atoms with van der Waals surface area (Å²) < 4.78 is 11.6. The quantitative estimate of drug-likeness (QED) is 0.650. The number of aryl methyl sites for hydroxylation is 2. The van der Waals surface area contributed by atoms with E-state index in [9.17, 15) is 0 Å². The van der Waals surface area contributed by atoms with Crippen LogP contribution in [-0.4, -0.2) is 49.7 Å². The van der Waals surface area contributed by atoms with Crippen LogP contribution >= 0.6 is 0 Å². The molecule has 1 atom stereocenters. The molecule has 0 bridgehead atoms. The highest BCUT2D eigenvalue weighted by Crippen LogP contribution is 2.26. The monoisotopic (exact) mass is 382 g/mol. The molecule has 28 heavy (non-hydrogen) atoms. The first-order chi connectivity index (χ1) is 13.5. The van der Waals surface area contributed by atoms with E-state index in [0.717, 1.165) is 41.6 Å². The van der Waals surface area contributed by atoms with Crippen molar-refractivity contribution in [3.8, 4) is 5.75 Å². The van der Waals surface area contributed by atoms with E-state index in [2.05, 4.69) is 51.4 Å². The Labute approximate surface area is 167 Å². The van der Waals surface area contributed by atoms with Crippen LogP contribution in [0.25, 0.3) is 0 Å². The second-order valence-electron chi connectivity index (χ2n) is 7.11. The Bertz CT molecular complexity index is 850. The molecule has 0 radical (unpaired) electrons. The SMILES string of the molecule is CN=C(NCc1ncc(C)c(OC)c1C)N1CCOC(c2ccccc2C)C1. The van der Waals surface area contributed by atoms with Gasteiger partial charge >= 0.3 is 0 Å². The van der Waals surface area contributed by atoms with Gasteiger partial charge in [0.05, 0.1) is 32.5 Å². The molecular formula is C22H30N4O2. The molecule has 0 amide bonds. The molecule has 1 fully saturated rings. The fraction of sp³-hybridized carbons (Fsp3) is 0.455. The third-order valence-corrected chi connectivity index (χ3v) is 5.28. The predicted molar refractivity (Wildman–Crippen MR) is 112 cm³/mol. The lowest BCUT2D eigenvalue weighted by atomic mass is 10.0. The Morgan fingerprint density at radius 2 is 2.07 bits per heavy atom. The second kappa shape index (κ2) is 9.06. The van der Waals surface area contributed by atoms with E-state index < -0.39 is 0 Å². The Hall–Kier alpha value is -2.60. The first kappa shape index (κ1) is 20.1. The van der Waals surface area contributed by atoms with E-state index in [0.29, 0.717) is 13.2 Å². The number of nitrogens with zero attached hydrogens (tertiary/aromatic N) is 3. The summed E-state index contributed by atoms with van der Waals surface area (Å²) in [6.07, 6.45) is 1.90. The van der Waals surface area contributed by atoms with Crippen molar-refractivity contribution in [3.63, 3.8) is 0 Å². The van der Waals surface area contributed by atoms with Gasteiger partial charge in [0.15, 0.2) is 5.96 Å². The highest BCUT2D eigenvalue weighted by Gasteiger charge is 2.25. The summed E-state index contributed by atoms with van der Waals surface area (Å²) in [6.45, 7) is 9.04. The first-order valence-corrected chi connectivity index (χ1v) is 9.67. The minimum absolute atomic E-state index is 0.0489. The van der Waals surface area contributed by atoms with Crippen LogP contribution in [0.4, 0.5) is 0 Å². The molecule has 6 heteroatoms. The molecule has 1 unspecified atom stereocenters. The maximum absolute atomic E-state index is 6.04. The van der Waals surface area contributed by atoms with E-state index >= 15 is 0 Å². The van der Waals surface area contributed by atoms with Gasteiger partial charge in [-0.3, -0.25) is 9.98 Å². The van der Waals surface area contributed by atoms with Gasteiger partial charge in [0, 0.05) is 30.9 Å². The number of nitrogens with one attached hydrogen (secondary N) is 1. The van der Waals surface area contributed by atoms with Gasteiger partial charge in [-0.25, -0.2) is 0 Å². The molecule has 3 rings (SSSR count). The van der Waals surface area contributed by atoms with Gasteiger partial charge in [0.1, 0.15) is 11.9 Å². The summed E-state index contributed by atoms with van der Waals surface area (Å²) in [5.41, 5.74) is 5.56. The smallest absolute Gasteiger partial charge is 0.194 e. The van der Waals surface area contributed by atoms with Gasteiger partial charge in [0.2, 0.25) is 0 Å². The molecule has 1 aliphatic rings. The molecule has 0 saturated carbocycles. The normalized spacial score (nSPS) is 17.5. The largest absolute Gasteiger partial charge is 0.496 e. The number of benzene rings is 1. The molecule has 2 heterocycles. The predicted octanol–water partition coefficient (Wildman–Crippen LogP) is 3.16. The van der Waals surface area contributed by atoms with Crippen LogP contribution in [0.15, 0.2) is 35.5 Å². The van der Waals surface area contributed by atoms with Crippen molar-refractivity contribution in [1.82, 2.24) is 15.2 Å². The summed E-state index contributed by atoms with van der Waals surface area (Å²) in [5.74, 6) is 1.76. The van der Waals surface area contributed by atoms with E-state index in [1.807, 2.05) is 27.1 Å². The molecule has 1 aliphatic heterocycles. The molecular weight excluding hydrogens is 352 g/mol. The number of hydrogen-bond donors (Lipinski definition) is 1. The number of pyridine rings is 1. The third kappa shape index (κ3) is 4.28. The summed E-state index contributed by atoms with van der Waals surface area (Å²) in [7, 11) is 3.52. The number of morpholine rings is 1. The zero-order valence-electron chi connectivity index (χ0n) is 17.5. The number of methoxy groups -OCH3 is 1. The van der Waals surface area contributed by atoms with E-state index in [4.69, 9.17) is 9.47 Å². The molecule has 2 aromatic rings. The number of aromatic nitrogens is 1. The van der Waals surface area contributed by atoms with Crippen LogP contribution in [0.3, 0.4) is 0 Å². The van der Waals surface area contributed by atoms with Crippen molar-refractivity contribution in [3.05, 3.63) is 58.4 Å². The number of hydrogen-bond acceptors (Lipinski definition) is 4. The molecule has 1 aromatic carbocycles. The number of guanidine groups is 1. The molecule has 1 N–H and O–H groups in total. The molecule has 150 valence electrons. The van der Waals surface area contributed by atoms with Crippen LogP contribution in [0.2, 0.25) is 0 Å². The minimum atomic E-state index is 0.0489. The van der Waals surface area contributed by atoms with Crippen molar-refractivity contribution in [2.75, 3.05) is 33.9 Å². The molecule has 0 aliphatic carbocycles. The van der Waals surface area contributed by atoms with E-state index in [1.165, 1.54) is 11.1 Å². The Kier molecular flexibility index (Phi) is 6.52. The van der Waals surface area contributed by atoms with Crippen molar-refractivity contribution >= 4 is 5.96 Å². The standard InChI is InChI=1S/C22H30N4O2/c1-15-8-6-7-9-18(15)20-14-26(10-11-28-20)22(23-4)25-13-19-17(3)21(27-5)16(2)12-24-19/h6-9,12,20H,10-11,13-14H2,1-5H3,(H,23,25). The summed E-state index contributed by atoms with van der Waals surface area (Å²) in [4.78, 5) is 11.3. The van der Waals surface area contributed by atoms with Gasteiger partial charge in [-0.05, 0) is 31.9 Å². The van der Waals surface area contributed by atoms with Gasteiger partial charge < -0.3 is 19.7 Å². The molecule has 6 nitrogen and oxygen atoms in total. The maximum atomic E-state index is 6.04. The fourth-order valence-electron chi connectivity index (χ4n) is 3.72. The van der Waals surface area contributed by atoms with Crippen LogP contribution in [0.5, 0.6) is 5.75 Å². The van der Waals surface area contributed by atoms with Crippen LogP contribution in [0, 0.1) is 20.8 Å². The number of aliphatic imine (C=N–C) groups is 1. The van der Waals surface area contributed by atoms with E-state index in [1.54, 1.807) is 7.11 Å². The zero-order chi connectivity index (χ0) is 20.1. The van der Waals surface area contributed by atoms with Gasteiger partial charge in [0.25, 0.3) is 0 Å². The minimum Gasteiger partial charge on any atom is -0.496 e. The lowest BCUT2D eigenvalue weighted by molar-refractivity contribution is -0.00834. The highest BCUT2D eigenvalue weighted by molar-refractivity contribution is 5.80. The molecule has 1 aromatic heterocycles. The first-order valence-electron chi connectivity index (χ1n) is 9.67. The van der Waals surface area contributed by atoms with Crippen molar-refractivity contribution in [2.24, 2.45) is 4.99 Å². The average molecular weight is 383 g/mol. The summed E-state index contributed by atoms with van der Waals surface area (Å²) >= 11 is 0. The maximum Gasteiger partial charge on any atom is 0.194 e. The zero-order valence-corrected chi connectivity index (χ0v) is 17.5. The van der Waals surface area contributed by atoms with Gasteiger partial charge in [-0.2, -0.15) is 0 Å². The topological polar surface area (TPSA) is 59.0 Å². The van der Waals surface area contributed by atoms with Crippen molar-refractivity contribution in [2.45, 2.75) is 33.4 Å². The van der Waals surface area contributed by atoms with E-state index in [-0.39, 0.29) is 6.10 Å². The fourth-order valence-corrected chi connectivity index (χ4v) is 3.72. The van der Waals surface area contributed by atoms with Gasteiger partial charge in [-0.1, -0.05) is 24.3 Å². The lowest BCUT2D eigenvalue weighted by Gasteiger charge is -2.35.